The molecule has 0 saturated heterocycles. The molecule has 23 heavy (non-hydrogen) atoms. The lowest BCUT2D eigenvalue weighted by molar-refractivity contribution is -0.120. The molecule has 0 aliphatic carbocycles. The molecule has 0 spiro atoms. The van der Waals surface area contributed by atoms with Crippen LogP contribution in [-0.2, 0) is 11.2 Å². The van der Waals surface area contributed by atoms with Gasteiger partial charge in [-0.2, -0.15) is 0 Å². The van der Waals surface area contributed by atoms with Crippen LogP contribution in [0, 0.1) is 6.92 Å². The van der Waals surface area contributed by atoms with Gasteiger partial charge in [0.2, 0.25) is 5.91 Å². The second-order valence-electron chi connectivity index (χ2n) is 5.45. The lowest BCUT2D eigenvalue weighted by Crippen LogP contribution is -2.27. The van der Waals surface area contributed by atoms with Gasteiger partial charge in [-0.15, -0.1) is 0 Å². The number of nitrogens with one attached hydrogen (secondary N) is 2. The van der Waals surface area contributed by atoms with E-state index >= 15 is 0 Å². The Bertz CT molecular complexity index is 624. The molecule has 0 aliphatic heterocycles. The molecule has 0 unspecified atom stereocenters. The monoisotopic (exact) mass is 312 g/mol. The molecule has 1 amide bonds. The van der Waals surface area contributed by atoms with E-state index in [2.05, 4.69) is 29.7 Å². The molecule has 2 aromatic rings. The number of anilines is 1. The first-order chi connectivity index (χ1) is 11.2. The zero-order valence-corrected chi connectivity index (χ0v) is 13.8. The zero-order valence-electron chi connectivity index (χ0n) is 13.8. The number of hydrogen-bond donors (Lipinski definition) is 2. The van der Waals surface area contributed by atoms with Crippen molar-refractivity contribution in [1.82, 2.24) is 5.32 Å². The highest BCUT2D eigenvalue weighted by Gasteiger charge is 2.04. The maximum atomic E-state index is 11.8. The van der Waals surface area contributed by atoms with E-state index in [4.69, 9.17) is 4.74 Å². The molecule has 0 atom stereocenters. The van der Waals surface area contributed by atoms with E-state index in [1.54, 1.807) is 7.11 Å². The summed E-state index contributed by atoms with van der Waals surface area (Å²) in [5.74, 6) is 0.919. The van der Waals surface area contributed by atoms with E-state index in [-0.39, 0.29) is 5.91 Å². The van der Waals surface area contributed by atoms with E-state index in [1.807, 2.05) is 36.4 Å². The smallest absolute Gasteiger partial charge is 0.221 e. The van der Waals surface area contributed by atoms with Crippen molar-refractivity contribution in [3.8, 4) is 5.75 Å². The fourth-order valence-corrected chi connectivity index (χ4v) is 2.33. The number of aryl methyl sites for hydroxylation is 1. The minimum atomic E-state index is 0.0551. The van der Waals surface area contributed by atoms with Gasteiger partial charge in [-0.25, -0.2) is 0 Å². The van der Waals surface area contributed by atoms with E-state index in [0.29, 0.717) is 19.5 Å². The Morgan fingerprint density at radius 3 is 2.52 bits per heavy atom. The molecular weight excluding hydrogens is 288 g/mol. The summed E-state index contributed by atoms with van der Waals surface area (Å²) in [6.07, 6.45) is 1.22. The number of carbonyl (C=O) groups excluding carboxylic acids is 1. The second kappa shape index (κ2) is 8.83. The molecule has 0 fully saturated rings. The molecule has 0 radical (unpaired) electrons. The second-order valence-corrected chi connectivity index (χ2v) is 5.45. The Hall–Kier alpha value is -2.49. The quantitative estimate of drug-likeness (QED) is 0.787. The van der Waals surface area contributed by atoms with E-state index in [1.165, 1.54) is 5.56 Å². The summed E-state index contributed by atoms with van der Waals surface area (Å²) in [6, 6.07) is 16.0. The van der Waals surface area contributed by atoms with Gasteiger partial charge in [-0.05, 0) is 37.1 Å². The lowest BCUT2D eigenvalue weighted by atomic mass is 10.1. The predicted molar refractivity (Wildman–Crippen MR) is 94.0 cm³/mol. The molecule has 0 bridgehead atoms. The number of methoxy groups -OCH3 is 1. The fraction of sp³-hybridized carbons (Fsp3) is 0.316. The van der Waals surface area contributed by atoms with Crippen molar-refractivity contribution in [3.63, 3.8) is 0 Å². The maximum absolute atomic E-state index is 11.8. The minimum absolute atomic E-state index is 0.0551. The van der Waals surface area contributed by atoms with E-state index < -0.39 is 0 Å². The number of rotatable bonds is 8. The first-order valence-corrected chi connectivity index (χ1v) is 7.88. The van der Waals surface area contributed by atoms with Crippen molar-refractivity contribution in [3.05, 3.63) is 59.7 Å². The van der Waals surface area contributed by atoms with Gasteiger partial charge < -0.3 is 15.4 Å². The number of carbonyl (C=O) groups is 1. The number of ether oxygens (including phenoxy) is 1. The van der Waals surface area contributed by atoms with Gasteiger partial charge in [0.1, 0.15) is 5.75 Å². The van der Waals surface area contributed by atoms with Crippen LogP contribution in [0.3, 0.4) is 0 Å². The third kappa shape index (κ3) is 5.66. The Labute approximate surface area is 137 Å². The molecule has 0 aromatic heterocycles. The Balaban J connectivity index is 1.66. The summed E-state index contributed by atoms with van der Waals surface area (Å²) in [7, 11) is 1.66. The van der Waals surface area contributed by atoms with Crippen LogP contribution >= 0.6 is 0 Å². The van der Waals surface area contributed by atoms with Crippen LogP contribution in [0.5, 0.6) is 5.75 Å². The molecule has 4 heteroatoms. The van der Waals surface area contributed by atoms with Gasteiger partial charge in [-0.1, -0.05) is 35.9 Å². The van der Waals surface area contributed by atoms with Gasteiger partial charge in [0.05, 0.1) is 7.11 Å². The summed E-state index contributed by atoms with van der Waals surface area (Å²) in [5, 5.41) is 6.19. The van der Waals surface area contributed by atoms with Crippen LogP contribution in [0.1, 0.15) is 17.5 Å². The van der Waals surface area contributed by atoms with Crippen molar-refractivity contribution in [2.75, 3.05) is 25.5 Å². The van der Waals surface area contributed by atoms with Crippen molar-refractivity contribution >= 4 is 11.6 Å². The predicted octanol–water partition coefficient (Wildman–Crippen LogP) is 3.16. The largest absolute Gasteiger partial charge is 0.496 e. The van der Waals surface area contributed by atoms with Crippen molar-refractivity contribution in [2.45, 2.75) is 19.8 Å². The van der Waals surface area contributed by atoms with Gasteiger partial charge in [0, 0.05) is 25.2 Å². The molecule has 0 aliphatic rings. The molecule has 4 nitrogen and oxygen atoms in total. The number of benzene rings is 2. The lowest BCUT2D eigenvalue weighted by Gasteiger charge is -2.10. The van der Waals surface area contributed by atoms with Crippen LogP contribution in [0.4, 0.5) is 5.69 Å². The Kier molecular flexibility index (Phi) is 6.48. The highest BCUT2D eigenvalue weighted by Crippen LogP contribution is 2.17. The highest BCUT2D eigenvalue weighted by atomic mass is 16.5. The molecule has 2 aromatic carbocycles. The maximum Gasteiger partial charge on any atom is 0.221 e. The summed E-state index contributed by atoms with van der Waals surface area (Å²) < 4.78 is 5.30. The average Bonchev–Trinajstić information content (AvgIpc) is 2.57. The first-order valence-electron chi connectivity index (χ1n) is 7.88. The molecular formula is C19H24N2O2. The summed E-state index contributed by atoms with van der Waals surface area (Å²) in [5.41, 5.74) is 3.37. The Morgan fingerprint density at radius 2 is 1.78 bits per heavy atom. The van der Waals surface area contributed by atoms with E-state index in [9.17, 15) is 4.79 Å². The number of para-hydroxylation sites is 1. The average molecular weight is 312 g/mol. The van der Waals surface area contributed by atoms with Crippen LogP contribution in [0.25, 0.3) is 0 Å². The molecule has 0 saturated carbocycles. The third-order valence-electron chi connectivity index (χ3n) is 3.64. The molecule has 2 rings (SSSR count). The van der Waals surface area contributed by atoms with Gasteiger partial charge in [-0.3, -0.25) is 4.79 Å². The topological polar surface area (TPSA) is 50.4 Å². The van der Waals surface area contributed by atoms with Crippen LogP contribution < -0.4 is 15.4 Å². The fourth-order valence-electron chi connectivity index (χ4n) is 2.33. The summed E-state index contributed by atoms with van der Waals surface area (Å²) >= 11 is 0. The standard InChI is InChI=1S/C19H24N2O2/c1-15-7-9-17(10-8-15)20-14-12-19(22)21-13-11-16-5-3-4-6-18(16)23-2/h3-10,20H,11-14H2,1-2H3,(H,21,22). The normalized spacial score (nSPS) is 10.2. The van der Waals surface area contributed by atoms with Crippen molar-refractivity contribution in [1.29, 1.82) is 0 Å². The summed E-state index contributed by atoms with van der Waals surface area (Å²) in [6.45, 7) is 3.30. The third-order valence-corrected chi connectivity index (χ3v) is 3.64. The SMILES string of the molecule is COc1ccccc1CCNC(=O)CCNc1ccc(C)cc1. The van der Waals surface area contributed by atoms with Gasteiger partial charge >= 0.3 is 0 Å². The number of hydrogen-bond acceptors (Lipinski definition) is 3. The van der Waals surface area contributed by atoms with Crippen molar-refractivity contribution < 1.29 is 9.53 Å². The summed E-state index contributed by atoms with van der Waals surface area (Å²) in [4.78, 5) is 11.8. The molecule has 2 N–H and O–H groups in total. The van der Waals surface area contributed by atoms with Crippen LogP contribution in [0.15, 0.2) is 48.5 Å². The highest BCUT2D eigenvalue weighted by molar-refractivity contribution is 5.76. The first kappa shape index (κ1) is 16.9. The van der Waals surface area contributed by atoms with Crippen LogP contribution in [-0.4, -0.2) is 26.1 Å². The Morgan fingerprint density at radius 1 is 1.04 bits per heavy atom. The van der Waals surface area contributed by atoms with Crippen molar-refractivity contribution in [2.24, 2.45) is 0 Å². The molecule has 122 valence electrons. The zero-order chi connectivity index (χ0) is 16.5. The molecule has 0 heterocycles. The van der Waals surface area contributed by atoms with Gasteiger partial charge in [0.15, 0.2) is 0 Å². The van der Waals surface area contributed by atoms with Crippen LogP contribution in [0.2, 0.25) is 0 Å². The minimum Gasteiger partial charge on any atom is -0.496 e. The van der Waals surface area contributed by atoms with E-state index in [0.717, 1.165) is 23.4 Å². The van der Waals surface area contributed by atoms with Gasteiger partial charge in [0.25, 0.3) is 0 Å². The number of amides is 1.